The topological polar surface area (TPSA) is 41.6 Å². The molecule has 0 aromatic heterocycles. The van der Waals surface area contributed by atoms with Crippen molar-refractivity contribution in [2.75, 3.05) is 13.1 Å². The molecule has 0 bridgehead atoms. The van der Waals surface area contributed by atoms with Crippen molar-refractivity contribution >= 4 is 6.09 Å². The highest BCUT2D eigenvalue weighted by molar-refractivity contribution is 5.70. The fourth-order valence-electron chi connectivity index (χ4n) is 2.92. The number of hydrogen-bond acceptors (Lipinski definition) is 3. The van der Waals surface area contributed by atoms with Crippen molar-refractivity contribution in [2.45, 2.75) is 57.7 Å². The maximum Gasteiger partial charge on any atom is 0.407 e. The molecule has 2 aliphatic rings. The first-order chi connectivity index (χ1) is 7.50. The summed E-state index contributed by atoms with van der Waals surface area (Å²) in [7, 11) is 0. The minimum atomic E-state index is -0.306. The molecule has 2 atom stereocenters. The SMILES string of the molecule is CC(C)N1CCCC1CC1(C)CNC(=O)O1. The molecule has 2 heterocycles. The lowest BCUT2D eigenvalue weighted by atomic mass is 9.95. The van der Waals surface area contributed by atoms with Crippen LogP contribution in [-0.4, -0.2) is 41.8 Å². The third-order valence-electron chi connectivity index (χ3n) is 3.70. The van der Waals surface area contributed by atoms with Gasteiger partial charge in [-0.25, -0.2) is 4.79 Å². The second-order valence-corrected chi connectivity index (χ2v) is 5.52. The second-order valence-electron chi connectivity index (χ2n) is 5.52. The van der Waals surface area contributed by atoms with E-state index >= 15 is 0 Å². The van der Waals surface area contributed by atoms with Gasteiger partial charge in [0.25, 0.3) is 0 Å². The van der Waals surface area contributed by atoms with Gasteiger partial charge in [0, 0.05) is 18.5 Å². The third kappa shape index (κ3) is 2.32. The van der Waals surface area contributed by atoms with Gasteiger partial charge in [0.1, 0.15) is 5.60 Å². The number of cyclic esters (lactones) is 1. The largest absolute Gasteiger partial charge is 0.441 e. The Hall–Kier alpha value is -0.770. The lowest BCUT2D eigenvalue weighted by molar-refractivity contribution is 0.0383. The van der Waals surface area contributed by atoms with Crippen LogP contribution in [0.4, 0.5) is 4.79 Å². The average Bonchev–Trinajstić information content (AvgIpc) is 2.74. The van der Waals surface area contributed by atoms with Crippen molar-refractivity contribution in [3.63, 3.8) is 0 Å². The molecule has 2 fully saturated rings. The molecule has 0 saturated carbocycles. The Bertz CT molecular complexity index is 280. The monoisotopic (exact) mass is 226 g/mol. The zero-order chi connectivity index (χ0) is 11.8. The first-order valence-electron chi connectivity index (χ1n) is 6.23. The summed E-state index contributed by atoms with van der Waals surface area (Å²) in [5.41, 5.74) is -0.306. The minimum Gasteiger partial charge on any atom is -0.441 e. The van der Waals surface area contributed by atoms with Gasteiger partial charge in [-0.05, 0) is 40.2 Å². The summed E-state index contributed by atoms with van der Waals surface area (Å²) < 4.78 is 5.36. The number of alkyl carbamates (subject to hydrolysis) is 1. The molecule has 1 N–H and O–H groups in total. The van der Waals surface area contributed by atoms with E-state index in [1.54, 1.807) is 0 Å². The molecule has 0 aliphatic carbocycles. The molecule has 2 aliphatic heterocycles. The number of carbonyl (C=O) groups excluding carboxylic acids is 1. The maximum atomic E-state index is 11.1. The van der Waals surface area contributed by atoms with E-state index in [2.05, 4.69) is 24.1 Å². The van der Waals surface area contributed by atoms with Gasteiger partial charge in [0.15, 0.2) is 0 Å². The van der Waals surface area contributed by atoms with Crippen molar-refractivity contribution in [1.82, 2.24) is 10.2 Å². The molecule has 2 unspecified atom stereocenters. The summed E-state index contributed by atoms with van der Waals surface area (Å²) >= 11 is 0. The Morgan fingerprint density at radius 3 is 2.94 bits per heavy atom. The van der Waals surface area contributed by atoms with E-state index in [1.165, 1.54) is 19.4 Å². The Balaban J connectivity index is 1.96. The van der Waals surface area contributed by atoms with E-state index in [1.807, 2.05) is 6.92 Å². The molecular weight excluding hydrogens is 204 g/mol. The number of ether oxygens (including phenoxy) is 1. The van der Waals surface area contributed by atoms with Crippen LogP contribution < -0.4 is 5.32 Å². The molecule has 0 radical (unpaired) electrons. The van der Waals surface area contributed by atoms with Gasteiger partial charge in [-0.2, -0.15) is 0 Å². The van der Waals surface area contributed by atoms with Crippen LogP contribution in [0.5, 0.6) is 0 Å². The van der Waals surface area contributed by atoms with Gasteiger partial charge in [-0.15, -0.1) is 0 Å². The third-order valence-corrected chi connectivity index (χ3v) is 3.70. The van der Waals surface area contributed by atoms with E-state index in [0.717, 1.165) is 6.42 Å². The maximum absolute atomic E-state index is 11.1. The first-order valence-corrected chi connectivity index (χ1v) is 6.23. The zero-order valence-corrected chi connectivity index (χ0v) is 10.5. The lowest BCUT2D eigenvalue weighted by Crippen LogP contribution is -2.42. The van der Waals surface area contributed by atoms with E-state index in [9.17, 15) is 4.79 Å². The van der Waals surface area contributed by atoms with Gasteiger partial charge in [0.05, 0.1) is 6.54 Å². The van der Waals surface area contributed by atoms with Gasteiger partial charge in [-0.1, -0.05) is 0 Å². The van der Waals surface area contributed by atoms with E-state index in [-0.39, 0.29) is 11.7 Å². The van der Waals surface area contributed by atoms with Crippen LogP contribution in [0, 0.1) is 0 Å². The second kappa shape index (κ2) is 4.24. The van der Waals surface area contributed by atoms with Gasteiger partial charge in [-0.3, -0.25) is 4.90 Å². The van der Waals surface area contributed by atoms with Crippen molar-refractivity contribution in [3.8, 4) is 0 Å². The molecule has 2 saturated heterocycles. The van der Waals surface area contributed by atoms with Gasteiger partial charge in [0.2, 0.25) is 0 Å². The van der Waals surface area contributed by atoms with Crippen LogP contribution in [0.2, 0.25) is 0 Å². The van der Waals surface area contributed by atoms with Crippen molar-refractivity contribution in [3.05, 3.63) is 0 Å². The fourth-order valence-corrected chi connectivity index (χ4v) is 2.92. The highest BCUT2D eigenvalue weighted by Gasteiger charge is 2.40. The number of hydrogen-bond donors (Lipinski definition) is 1. The highest BCUT2D eigenvalue weighted by atomic mass is 16.6. The quantitative estimate of drug-likeness (QED) is 0.797. The van der Waals surface area contributed by atoms with E-state index in [0.29, 0.717) is 18.6 Å². The number of nitrogens with one attached hydrogen (secondary N) is 1. The van der Waals surface area contributed by atoms with Crippen LogP contribution in [-0.2, 0) is 4.74 Å². The summed E-state index contributed by atoms with van der Waals surface area (Å²) in [5.74, 6) is 0. The smallest absolute Gasteiger partial charge is 0.407 e. The molecule has 4 nitrogen and oxygen atoms in total. The predicted octanol–water partition coefficient (Wildman–Crippen LogP) is 1.75. The molecule has 0 aromatic carbocycles. The van der Waals surface area contributed by atoms with E-state index < -0.39 is 0 Å². The van der Waals surface area contributed by atoms with Crippen LogP contribution >= 0.6 is 0 Å². The standard InChI is InChI=1S/C12H22N2O2/c1-9(2)14-6-4-5-10(14)7-12(3)8-13-11(15)16-12/h9-10H,4-8H2,1-3H3,(H,13,15). The summed E-state index contributed by atoms with van der Waals surface area (Å²) in [6, 6.07) is 1.15. The van der Waals surface area contributed by atoms with Crippen LogP contribution in [0.1, 0.15) is 40.0 Å². The fraction of sp³-hybridized carbons (Fsp3) is 0.917. The Morgan fingerprint density at radius 2 is 2.38 bits per heavy atom. The summed E-state index contributed by atoms with van der Waals surface area (Å²) in [5, 5.41) is 2.75. The number of amides is 1. The summed E-state index contributed by atoms with van der Waals surface area (Å²) in [6.45, 7) is 8.33. The highest BCUT2D eigenvalue weighted by Crippen LogP contribution is 2.30. The Labute approximate surface area is 97.3 Å². The molecule has 92 valence electrons. The molecule has 0 aromatic rings. The van der Waals surface area contributed by atoms with Crippen LogP contribution in [0.3, 0.4) is 0 Å². The molecule has 0 spiro atoms. The minimum absolute atomic E-state index is 0.267. The van der Waals surface area contributed by atoms with Crippen molar-refractivity contribution in [2.24, 2.45) is 0 Å². The van der Waals surface area contributed by atoms with Crippen molar-refractivity contribution in [1.29, 1.82) is 0 Å². The zero-order valence-electron chi connectivity index (χ0n) is 10.5. The van der Waals surface area contributed by atoms with E-state index in [4.69, 9.17) is 4.74 Å². The number of carbonyl (C=O) groups is 1. The van der Waals surface area contributed by atoms with Crippen molar-refractivity contribution < 1.29 is 9.53 Å². The van der Waals surface area contributed by atoms with Gasteiger partial charge >= 0.3 is 6.09 Å². The normalized spacial score (nSPS) is 35.5. The summed E-state index contributed by atoms with van der Waals surface area (Å²) in [4.78, 5) is 13.6. The summed E-state index contributed by atoms with van der Waals surface area (Å²) in [6.07, 6.45) is 3.17. The number of likely N-dealkylation sites (tertiary alicyclic amines) is 1. The lowest BCUT2D eigenvalue weighted by Gasteiger charge is -2.33. The van der Waals surface area contributed by atoms with Crippen LogP contribution in [0.15, 0.2) is 0 Å². The molecule has 4 heteroatoms. The Kier molecular flexibility index (Phi) is 3.10. The average molecular weight is 226 g/mol. The molecule has 2 rings (SSSR count). The first kappa shape index (κ1) is 11.7. The number of rotatable bonds is 3. The molecule has 16 heavy (non-hydrogen) atoms. The number of nitrogens with zero attached hydrogens (tertiary/aromatic N) is 1. The molecule has 1 amide bonds. The predicted molar refractivity (Wildman–Crippen MR) is 62.4 cm³/mol. The van der Waals surface area contributed by atoms with Gasteiger partial charge < -0.3 is 10.1 Å². The molecular formula is C12H22N2O2. The van der Waals surface area contributed by atoms with Crippen LogP contribution in [0.25, 0.3) is 0 Å². The Morgan fingerprint density at radius 1 is 1.62 bits per heavy atom.